The molecule has 0 bridgehead atoms. The first-order valence-electron chi connectivity index (χ1n) is 8.03. The first kappa shape index (κ1) is 13.2. The minimum atomic E-state index is 0.298. The molecule has 1 unspecified atom stereocenters. The third kappa shape index (κ3) is 2.33. The summed E-state index contributed by atoms with van der Waals surface area (Å²) in [4.78, 5) is 0. The molecule has 1 aromatic carbocycles. The molecule has 19 heavy (non-hydrogen) atoms. The third-order valence-corrected chi connectivity index (χ3v) is 5.80. The van der Waals surface area contributed by atoms with E-state index in [1.165, 1.54) is 50.5 Å². The van der Waals surface area contributed by atoms with Gasteiger partial charge >= 0.3 is 0 Å². The van der Waals surface area contributed by atoms with Gasteiger partial charge in [0, 0.05) is 11.5 Å². The number of hydrogen-bond acceptors (Lipinski definition) is 1. The van der Waals surface area contributed by atoms with Gasteiger partial charge in [-0.25, -0.2) is 0 Å². The van der Waals surface area contributed by atoms with E-state index in [4.69, 9.17) is 5.73 Å². The normalized spacial score (nSPS) is 31.5. The summed E-state index contributed by atoms with van der Waals surface area (Å²) in [6.45, 7) is 2.39. The molecule has 3 rings (SSSR count). The maximum absolute atomic E-state index is 6.77. The fourth-order valence-corrected chi connectivity index (χ4v) is 4.24. The SMILES string of the molecule is CC1CCC(C(N)C2(c3ccccc3)CCC2)CC1. The van der Waals surface area contributed by atoms with Gasteiger partial charge in [0.15, 0.2) is 0 Å². The molecule has 0 aromatic heterocycles. The van der Waals surface area contributed by atoms with E-state index in [1.54, 1.807) is 0 Å². The highest BCUT2D eigenvalue weighted by atomic mass is 14.7. The van der Waals surface area contributed by atoms with Crippen molar-refractivity contribution in [2.24, 2.45) is 17.6 Å². The van der Waals surface area contributed by atoms with Crippen LogP contribution in [0.3, 0.4) is 0 Å². The van der Waals surface area contributed by atoms with Crippen LogP contribution in [0.25, 0.3) is 0 Å². The molecule has 1 aromatic rings. The van der Waals surface area contributed by atoms with Gasteiger partial charge < -0.3 is 5.73 Å². The maximum Gasteiger partial charge on any atom is 0.0165 e. The predicted octanol–water partition coefficient (Wildman–Crippen LogP) is 4.26. The van der Waals surface area contributed by atoms with E-state index in [0.717, 1.165) is 11.8 Å². The first-order chi connectivity index (χ1) is 9.22. The highest BCUT2D eigenvalue weighted by molar-refractivity contribution is 5.30. The van der Waals surface area contributed by atoms with Gasteiger partial charge in [0.2, 0.25) is 0 Å². The minimum absolute atomic E-state index is 0.298. The molecule has 1 heteroatoms. The fourth-order valence-electron chi connectivity index (χ4n) is 4.24. The third-order valence-electron chi connectivity index (χ3n) is 5.80. The molecule has 2 N–H and O–H groups in total. The average Bonchev–Trinajstić information content (AvgIpc) is 2.39. The molecule has 2 fully saturated rings. The summed E-state index contributed by atoms with van der Waals surface area (Å²) in [5.41, 5.74) is 8.56. The van der Waals surface area contributed by atoms with Crippen molar-refractivity contribution in [1.82, 2.24) is 0 Å². The Balaban J connectivity index is 1.78. The second-order valence-corrected chi connectivity index (χ2v) is 6.92. The summed E-state index contributed by atoms with van der Waals surface area (Å²) in [5, 5.41) is 0. The zero-order valence-electron chi connectivity index (χ0n) is 12.1. The van der Waals surface area contributed by atoms with Crippen molar-refractivity contribution in [3.8, 4) is 0 Å². The van der Waals surface area contributed by atoms with Crippen LogP contribution in [0.1, 0.15) is 57.4 Å². The Bertz CT molecular complexity index is 399. The molecule has 2 aliphatic rings. The van der Waals surface area contributed by atoms with Crippen molar-refractivity contribution in [3.63, 3.8) is 0 Å². The first-order valence-corrected chi connectivity index (χ1v) is 8.03. The lowest BCUT2D eigenvalue weighted by Gasteiger charge is -2.50. The van der Waals surface area contributed by atoms with Gasteiger partial charge in [-0.2, -0.15) is 0 Å². The maximum atomic E-state index is 6.77. The molecule has 0 saturated heterocycles. The zero-order valence-corrected chi connectivity index (χ0v) is 12.1. The van der Waals surface area contributed by atoms with E-state index < -0.39 is 0 Å². The van der Waals surface area contributed by atoms with Crippen LogP contribution >= 0.6 is 0 Å². The summed E-state index contributed by atoms with van der Waals surface area (Å²) in [5.74, 6) is 1.66. The Morgan fingerprint density at radius 1 is 1.05 bits per heavy atom. The lowest BCUT2D eigenvalue weighted by atomic mass is 9.56. The van der Waals surface area contributed by atoms with Crippen LogP contribution in [-0.2, 0) is 5.41 Å². The van der Waals surface area contributed by atoms with Gasteiger partial charge in [0.25, 0.3) is 0 Å². The molecule has 0 aliphatic heterocycles. The second-order valence-electron chi connectivity index (χ2n) is 6.92. The van der Waals surface area contributed by atoms with Gasteiger partial charge in [0.1, 0.15) is 0 Å². The van der Waals surface area contributed by atoms with Crippen molar-refractivity contribution in [2.45, 2.75) is 63.3 Å². The number of rotatable bonds is 3. The van der Waals surface area contributed by atoms with Crippen LogP contribution in [-0.4, -0.2) is 6.04 Å². The van der Waals surface area contributed by atoms with E-state index in [0.29, 0.717) is 11.5 Å². The number of hydrogen-bond donors (Lipinski definition) is 1. The molecule has 104 valence electrons. The van der Waals surface area contributed by atoms with Crippen LogP contribution in [0.2, 0.25) is 0 Å². The molecule has 0 heterocycles. The molecular formula is C18H27N. The summed E-state index contributed by atoms with van der Waals surface area (Å²) in [6.07, 6.45) is 9.39. The fraction of sp³-hybridized carbons (Fsp3) is 0.667. The minimum Gasteiger partial charge on any atom is -0.327 e. The van der Waals surface area contributed by atoms with Crippen molar-refractivity contribution in [2.75, 3.05) is 0 Å². The molecule has 1 nitrogen and oxygen atoms in total. The summed E-state index contributed by atoms with van der Waals surface area (Å²) in [6, 6.07) is 11.4. The molecule has 0 spiro atoms. The summed E-state index contributed by atoms with van der Waals surface area (Å²) < 4.78 is 0. The van der Waals surface area contributed by atoms with Crippen molar-refractivity contribution in [3.05, 3.63) is 35.9 Å². The number of benzene rings is 1. The van der Waals surface area contributed by atoms with Crippen LogP contribution in [0.15, 0.2) is 30.3 Å². The van der Waals surface area contributed by atoms with E-state index in [1.807, 2.05) is 0 Å². The lowest BCUT2D eigenvalue weighted by Crippen LogP contribution is -2.54. The van der Waals surface area contributed by atoms with Gasteiger partial charge in [0.05, 0.1) is 0 Å². The molecule has 2 saturated carbocycles. The van der Waals surface area contributed by atoms with E-state index in [-0.39, 0.29) is 0 Å². The van der Waals surface area contributed by atoms with Gasteiger partial charge in [-0.3, -0.25) is 0 Å². The Kier molecular flexibility index (Phi) is 3.66. The Morgan fingerprint density at radius 3 is 2.21 bits per heavy atom. The zero-order chi connectivity index (χ0) is 13.3. The molecular weight excluding hydrogens is 230 g/mol. The Hall–Kier alpha value is -0.820. The highest BCUT2D eigenvalue weighted by Gasteiger charge is 2.46. The summed E-state index contributed by atoms with van der Waals surface area (Å²) in [7, 11) is 0. The van der Waals surface area contributed by atoms with Crippen LogP contribution in [0, 0.1) is 11.8 Å². The average molecular weight is 257 g/mol. The van der Waals surface area contributed by atoms with E-state index in [2.05, 4.69) is 37.3 Å². The van der Waals surface area contributed by atoms with Crippen molar-refractivity contribution >= 4 is 0 Å². The monoisotopic (exact) mass is 257 g/mol. The molecule has 0 radical (unpaired) electrons. The second kappa shape index (κ2) is 5.28. The summed E-state index contributed by atoms with van der Waals surface area (Å²) >= 11 is 0. The lowest BCUT2D eigenvalue weighted by molar-refractivity contribution is 0.122. The predicted molar refractivity (Wildman–Crippen MR) is 81.1 cm³/mol. The van der Waals surface area contributed by atoms with Gasteiger partial charge in [-0.15, -0.1) is 0 Å². The Labute approximate surface area is 117 Å². The topological polar surface area (TPSA) is 26.0 Å². The van der Waals surface area contributed by atoms with Crippen LogP contribution < -0.4 is 5.73 Å². The smallest absolute Gasteiger partial charge is 0.0165 e. The molecule has 1 atom stereocenters. The van der Waals surface area contributed by atoms with Crippen molar-refractivity contribution in [1.29, 1.82) is 0 Å². The molecule has 0 amide bonds. The highest BCUT2D eigenvalue weighted by Crippen LogP contribution is 2.49. The number of nitrogens with two attached hydrogens (primary N) is 1. The molecule has 2 aliphatic carbocycles. The van der Waals surface area contributed by atoms with E-state index >= 15 is 0 Å². The van der Waals surface area contributed by atoms with Crippen LogP contribution in [0.5, 0.6) is 0 Å². The van der Waals surface area contributed by atoms with Crippen molar-refractivity contribution < 1.29 is 0 Å². The standard InChI is InChI=1S/C18H27N/c1-14-8-10-15(11-9-14)17(19)18(12-5-13-18)16-6-3-2-4-7-16/h2-4,6-7,14-15,17H,5,8-13,19H2,1H3. The van der Waals surface area contributed by atoms with Gasteiger partial charge in [-0.05, 0) is 43.1 Å². The largest absolute Gasteiger partial charge is 0.327 e. The van der Waals surface area contributed by atoms with Gasteiger partial charge in [-0.1, -0.05) is 56.5 Å². The van der Waals surface area contributed by atoms with E-state index in [9.17, 15) is 0 Å². The Morgan fingerprint density at radius 2 is 1.68 bits per heavy atom. The van der Waals surface area contributed by atoms with Crippen LogP contribution in [0.4, 0.5) is 0 Å². The quantitative estimate of drug-likeness (QED) is 0.860.